The second-order valence-electron chi connectivity index (χ2n) is 5.13. The largest absolute Gasteiger partial charge is 0.350 e. The minimum atomic E-state index is -3.77. The maximum Gasteiger partial charge on any atom is 0.241 e. The number of nitrogens with one attached hydrogen (secondary N) is 1. The smallest absolute Gasteiger partial charge is 0.241 e. The predicted octanol–water partition coefficient (Wildman–Crippen LogP) is 3.12. The maximum absolute atomic E-state index is 12.2. The van der Waals surface area contributed by atoms with E-state index in [2.05, 4.69) is 10.3 Å². The van der Waals surface area contributed by atoms with Gasteiger partial charge in [-0.15, -0.1) is 0 Å². The van der Waals surface area contributed by atoms with Crippen molar-refractivity contribution in [1.82, 2.24) is 10.3 Å². The molecule has 0 aliphatic heterocycles. The molecule has 0 radical (unpaired) electrons. The summed E-state index contributed by atoms with van der Waals surface area (Å²) in [6.07, 6.45) is 4.19. The lowest BCUT2D eigenvalue weighted by Gasteiger charge is -2.23. The summed E-state index contributed by atoms with van der Waals surface area (Å²) in [6, 6.07) is 6.16. The van der Waals surface area contributed by atoms with Crippen molar-refractivity contribution in [2.45, 2.75) is 6.54 Å². The Kier molecular flexibility index (Phi) is 6.51. The fraction of sp³-hybridized carbons (Fsp3) is 0.200. The van der Waals surface area contributed by atoms with Crippen LogP contribution < -0.4 is 9.62 Å². The van der Waals surface area contributed by atoms with Gasteiger partial charge in [0.05, 0.1) is 27.0 Å². The summed E-state index contributed by atoms with van der Waals surface area (Å²) in [7, 11) is -3.77. The molecule has 25 heavy (non-hydrogen) atoms. The van der Waals surface area contributed by atoms with Gasteiger partial charge in [-0.3, -0.25) is 14.1 Å². The van der Waals surface area contributed by atoms with Crippen LogP contribution in [0.5, 0.6) is 0 Å². The molecule has 1 heterocycles. The number of pyridine rings is 1. The molecule has 1 N–H and O–H groups in total. The Morgan fingerprint density at radius 3 is 2.48 bits per heavy atom. The zero-order valence-electron chi connectivity index (χ0n) is 13.0. The Balaban J connectivity index is 2.19. The third-order valence-corrected chi connectivity index (χ3v) is 5.31. The monoisotopic (exact) mass is 421 g/mol. The van der Waals surface area contributed by atoms with Crippen LogP contribution in [0.15, 0.2) is 36.7 Å². The number of aromatic nitrogens is 1. The van der Waals surface area contributed by atoms with E-state index in [-0.39, 0.29) is 27.3 Å². The van der Waals surface area contributed by atoms with Crippen molar-refractivity contribution < 1.29 is 13.2 Å². The van der Waals surface area contributed by atoms with Crippen molar-refractivity contribution in [2.24, 2.45) is 0 Å². The fourth-order valence-corrected chi connectivity index (χ4v) is 3.53. The Hall–Kier alpha value is -1.54. The van der Waals surface area contributed by atoms with Gasteiger partial charge in [-0.1, -0.05) is 40.9 Å². The first-order valence-corrected chi connectivity index (χ1v) is 9.94. The van der Waals surface area contributed by atoms with Gasteiger partial charge in [-0.05, 0) is 23.8 Å². The molecule has 0 atom stereocenters. The average molecular weight is 423 g/mol. The van der Waals surface area contributed by atoms with E-state index in [0.29, 0.717) is 0 Å². The van der Waals surface area contributed by atoms with Gasteiger partial charge in [0, 0.05) is 18.9 Å². The standard InChI is InChI=1S/C15H14Cl3N3O3S/c1-25(23,24)21(14-6-12(17)11(16)5-13(14)18)9-15(22)20-8-10-3-2-4-19-7-10/h2-7H,8-9H2,1H3,(H,20,22). The Bertz CT molecular complexity index is 876. The van der Waals surface area contributed by atoms with Gasteiger partial charge < -0.3 is 5.32 Å². The molecule has 2 aromatic rings. The second kappa shape index (κ2) is 8.23. The van der Waals surface area contributed by atoms with E-state index < -0.39 is 22.5 Å². The lowest BCUT2D eigenvalue weighted by molar-refractivity contribution is -0.119. The number of hydrogen-bond donors (Lipinski definition) is 1. The molecule has 0 unspecified atom stereocenters. The molecule has 10 heteroatoms. The van der Waals surface area contributed by atoms with Crippen LogP contribution in [0.2, 0.25) is 15.1 Å². The summed E-state index contributed by atoms with van der Waals surface area (Å²) < 4.78 is 25.1. The van der Waals surface area contributed by atoms with Crippen LogP contribution >= 0.6 is 34.8 Å². The molecule has 0 spiro atoms. The minimum absolute atomic E-state index is 0.0693. The molecular formula is C15H14Cl3N3O3S. The van der Waals surface area contributed by atoms with Crippen LogP contribution in [-0.2, 0) is 21.4 Å². The van der Waals surface area contributed by atoms with Crippen LogP contribution in [0.3, 0.4) is 0 Å². The van der Waals surface area contributed by atoms with E-state index in [1.165, 1.54) is 12.1 Å². The van der Waals surface area contributed by atoms with Crippen molar-refractivity contribution in [2.75, 3.05) is 17.1 Å². The highest BCUT2D eigenvalue weighted by molar-refractivity contribution is 7.92. The molecule has 6 nitrogen and oxygen atoms in total. The quantitative estimate of drug-likeness (QED) is 0.725. The van der Waals surface area contributed by atoms with E-state index in [0.717, 1.165) is 16.1 Å². The number of carbonyl (C=O) groups is 1. The third kappa shape index (κ3) is 5.47. The van der Waals surface area contributed by atoms with Crippen molar-refractivity contribution in [3.63, 3.8) is 0 Å². The first-order valence-electron chi connectivity index (χ1n) is 6.96. The van der Waals surface area contributed by atoms with Crippen LogP contribution in [0.4, 0.5) is 5.69 Å². The number of hydrogen-bond acceptors (Lipinski definition) is 4. The minimum Gasteiger partial charge on any atom is -0.350 e. The number of anilines is 1. The van der Waals surface area contributed by atoms with Crippen LogP contribution in [0, 0.1) is 0 Å². The van der Waals surface area contributed by atoms with Crippen molar-refractivity contribution >= 4 is 56.4 Å². The highest BCUT2D eigenvalue weighted by Crippen LogP contribution is 2.35. The van der Waals surface area contributed by atoms with Gasteiger partial charge in [-0.2, -0.15) is 0 Å². The number of benzene rings is 1. The van der Waals surface area contributed by atoms with E-state index in [9.17, 15) is 13.2 Å². The number of nitrogens with zero attached hydrogens (tertiary/aromatic N) is 2. The first-order chi connectivity index (χ1) is 11.7. The number of amides is 1. The maximum atomic E-state index is 12.2. The lowest BCUT2D eigenvalue weighted by Crippen LogP contribution is -2.40. The predicted molar refractivity (Wildman–Crippen MR) is 99.7 cm³/mol. The summed E-state index contributed by atoms with van der Waals surface area (Å²) in [4.78, 5) is 16.1. The molecule has 1 aromatic carbocycles. The van der Waals surface area contributed by atoms with Gasteiger partial charge in [-0.25, -0.2) is 8.42 Å². The van der Waals surface area contributed by atoms with E-state index >= 15 is 0 Å². The molecule has 0 saturated carbocycles. The normalized spacial score (nSPS) is 11.2. The summed E-state index contributed by atoms with van der Waals surface area (Å²) in [5.74, 6) is -0.503. The van der Waals surface area contributed by atoms with E-state index in [4.69, 9.17) is 34.8 Å². The van der Waals surface area contributed by atoms with E-state index in [1.807, 2.05) is 0 Å². The van der Waals surface area contributed by atoms with Crippen molar-refractivity contribution in [3.05, 3.63) is 57.3 Å². The highest BCUT2D eigenvalue weighted by atomic mass is 35.5. The van der Waals surface area contributed by atoms with Crippen LogP contribution in [0.25, 0.3) is 0 Å². The fourth-order valence-electron chi connectivity index (χ4n) is 1.97. The molecule has 0 aliphatic rings. The molecule has 1 amide bonds. The van der Waals surface area contributed by atoms with E-state index in [1.54, 1.807) is 24.5 Å². The highest BCUT2D eigenvalue weighted by Gasteiger charge is 2.24. The number of sulfonamides is 1. The van der Waals surface area contributed by atoms with Gasteiger partial charge in [0.15, 0.2) is 0 Å². The topological polar surface area (TPSA) is 79.4 Å². The lowest BCUT2D eigenvalue weighted by atomic mass is 10.3. The van der Waals surface area contributed by atoms with Gasteiger partial charge in [0.25, 0.3) is 0 Å². The van der Waals surface area contributed by atoms with Crippen molar-refractivity contribution in [1.29, 1.82) is 0 Å². The molecule has 0 aliphatic carbocycles. The molecule has 0 saturated heterocycles. The Labute approximate surface area is 160 Å². The molecule has 134 valence electrons. The molecule has 2 rings (SSSR count). The molecule has 0 fully saturated rings. The Morgan fingerprint density at radius 1 is 1.20 bits per heavy atom. The average Bonchev–Trinajstić information content (AvgIpc) is 2.54. The number of carbonyl (C=O) groups excluding carboxylic acids is 1. The third-order valence-electron chi connectivity index (χ3n) is 3.16. The summed E-state index contributed by atoms with van der Waals surface area (Å²) >= 11 is 17.9. The summed E-state index contributed by atoms with van der Waals surface area (Å²) in [5, 5.41) is 3.01. The summed E-state index contributed by atoms with van der Waals surface area (Å²) in [5.41, 5.74) is 0.865. The molecule has 0 bridgehead atoms. The molecular weight excluding hydrogens is 409 g/mol. The summed E-state index contributed by atoms with van der Waals surface area (Å²) in [6.45, 7) is -0.226. The van der Waals surface area contributed by atoms with Gasteiger partial charge in [0.2, 0.25) is 15.9 Å². The second-order valence-corrected chi connectivity index (χ2v) is 8.25. The SMILES string of the molecule is CS(=O)(=O)N(CC(=O)NCc1cccnc1)c1cc(Cl)c(Cl)cc1Cl. The van der Waals surface area contributed by atoms with Gasteiger partial charge >= 0.3 is 0 Å². The van der Waals surface area contributed by atoms with Gasteiger partial charge in [0.1, 0.15) is 6.54 Å². The Morgan fingerprint density at radius 2 is 1.88 bits per heavy atom. The van der Waals surface area contributed by atoms with Crippen molar-refractivity contribution in [3.8, 4) is 0 Å². The number of halogens is 3. The molecule has 1 aromatic heterocycles. The first kappa shape index (κ1) is 19.8. The zero-order valence-corrected chi connectivity index (χ0v) is 16.1. The number of rotatable bonds is 6. The zero-order chi connectivity index (χ0) is 18.6. The van der Waals surface area contributed by atoms with Crippen LogP contribution in [-0.4, -0.2) is 32.1 Å². The van der Waals surface area contributed by atoms with Crippen LogP contribution in [0.1, 0.15) is 5.56 Å².